The van der Waals surface area contributed by atoms with Gasteiger partial charge in [0.15, 0.2) is 17.1 Å². The maximum Gasteiger partial charge on any atom is 0.239 e. The summed E-state index contributed by atoms with van der Waals surface area (Å²) in [4.78, 5) is 13.9. The molecular formula is C28H32O17. The van der Waals surface area contributed by atoms with Crippen LogP contribution >= 0.6 is 0 Å². The van der Waals surface area contributed by atoms with Gasteiger partial charge in [-0.3, -0.25) is 4.79 Å². The Balaban J connectivity index is 1.65. The van der Waals surface area contributed by atoms with Gasteiger partial charge in [-0.2, -0.15) is 0 Å². The molecule has 10 atom stereocenters. The molecule has 3 heterocycles. The van der Waals surface area contributed by atoms with E-state index in [2.05, 4.69) is 0 Å². The fourth-order valence-corrected chi connectivity index (χ4v) is 5.05. The van der Waals surface area contributed by atoms with Crippen molar-refractivity contribution >= 4 is 11.0 Å². The van der Waals surface area contributed by atoms with Crippen molar-refractivity contribution in [3.05, 3.63) is 40.6 Å². The van der Waals surface area contributed by atoms with Gasteiger partial charge in [-0.15, -0.1) is 0 Å². The summed E-state index contributed by atoms with van der Waals surface area (Å²) in [5.41, 5.74) is -1.36. The number of methoxy groups -OCH3 is 1. The van der Waals surface area contributed by atoms with E-state index in [1.165, 1.54) is 24.3 Å². The molecule has 1 aromatic heterocycles. The Hall–Kier alpha value is -3.75. The van der Waals surface area contributed by atoms with Crippen LogP contribution in [0.15, 0.2) is 39.5 Å². The molecule has 2 fully saturated rings. The second kappa shape index (κ2) is 12.9. The first-order valence-corrected chi connectivity index (χ1v) is 13.6. The summed E-state index contributed by atoms with van der Waals surface area (Å²) in [6.07, 6.45) is -17.0. The number of rotatable bonds is 8. The van der Waals surface area contributed by atoms with Crippen LogP contribution in [-0.2, 0) is 9.47 Å². The first kappa shape index (κ1) is 32.6. The largest absolute Gasteiger partial charge is 0.508 e. The van der Waals surface area contributed by atoms with Crippen molar-refractivity contribution in [2.24, 2.45) is 0 Å². The Labute approximate surface area is 252 Å². The molecule has 10 N–H and O–H groups in total. The molecular weight excluding hydrogens is 608 g/mol. The SMILES string of the molecule is COc1c(O[C@@H]2O[C@H](CO)[C@@H](O)[C@H](O)[C@H]2O)cc(O)c2c(=O)c(O[C@@H]3O[C@@H](CO)[C@@H](O)[C@@H](O)[C@@H]3O)c(-c3ccc(O)cc3)oc12. The molecule has 0 saturated carbocycles. The van der Waals surface area contributed by atoms with Crippen LogP contribution in [0.1, 0.15) is 0 Å². The molecule has 0 amide bonds. The number of ether oxygens (including phenoxy) is 5. The van der Waals surface area contributed by atoms with E-state index in [4.69, 9.17) is 28.1 Å². The highest BCUT2D eigenvalue weighted by molar-refractivity contribution is 5.93. The van der Waals surface area contributed by atoms with Crippen LogP contribution in [0.3, 0.4) is 0 Å². The molecule has 17 heteroatoms. The molecule has 0 radical (unpaired) electrons. The van der Waals surface area contributed by atoms with Crippen LogP contribution in [0, 0.1) is 0 Å². The molecule has 0 spiro atoms. The molecule has 45 heavy (non-hydrogen) atoms. The number of aliphatic hydroxyl groups is 8. The number of benzene rings is 2. The van der Waals surface area contributed by atoms with E-state index in [1.807, 2.05) is 0 Å². The van der Waals surface area contributed by atoms with Crippen molar-refractivity contribution < 1.29 is 79.2 Å². The molecule has 2 aliphatic rings. The summed E-state index contributed by atoms with van der Waals surface area (Å²) in [6.45, 7) is -1.52. The number of hydrogen-bond acceptors (Lipinski definition) is 17. The third-order valence-electron chi connectivity index (χ3n) is 7.53. The molecule has 0 aliphatic carbocycles. The highest BCUT2D eigenvalue weighted by atomic mass is 16.7. The molecule has 2 aliphatic heterocycles. The summed E-state index contributed by atoms with van der Waals surface area (Å²) in [5, 5.41) is 101. The van der Waals surface area contributed by atoms with Crippen molar-refractivity contribution in [3.8, 4) is 40.1 Å². The Morgan fingerprint density at radius 2 is 1.27 bits per heavy atom. The first-order chi connectivity index (χ1) is 21.4. The number of aromatic hydroxyl groups is 2. The summed E-state index contributed by atoms with van der Waals surface area (Å²) in [6, 6.07) is 6.08. The van der Waals surface area contributed by atoms with E-state index in [0.717, 1.165) is 13.2 Å². The predicted octanol–water partition coefficient (Wildman–Crippen LogP) is -2.76. The molecule has 2 saturated heterocycles. The van der Waals surface area contributed by atoms with Crippen LogP contribution in [-0.4, -0.2) is 133 Å². The minimum absolute atomic E-state index is 0.119. The summed E-state index contributed by atoms with van der Waals surface area (Å²) >= 11 is 0. The lowest BCUT2D eigenvalue weighted by Crippen LogP contribution is -2.60. The van der Waals surface area contributed by atoms with E-state index < -0.39 is 103 Å². The van der Waals surface area contributed by atoms with E-state index in [1.54, 1.807) is 0 Å². The van der Waals surface area contributed by atoms with Gasteiger partial charge in [-0.25, -0.2) is 0 Å². The fraction of sp³-hybridized carbons (Fsp3) is 0.464. The molecule has 0 unspecified atom stereocenters. The topological polar surface area (TPSA) is 279 Å². The molecule has 2 aromatic carbocycles. The standard InChI is InChI=1S/C28H32O17/c1-40-24-12(41-27-21(38)19(36)16(33)13(7-29)42-27)6-11(32)15-18(35)26(23(44-25(15)24)9-2-4-10(31)5-3-9)45-28-22(39)20(37)17(34)14(8-30)43-28/h2-6,13-14,16-17,19-22,27-34,36-39H,7-8H2,1H3/t13-,14+,16-,17-,19+,20-,21-,22+,27-,28+/m1/s1. The second-order valence-corrected chi connectivity index (χ2v) is 10.4. The Bertz CT molecular complexity index is 1550. The van der Waals surface area contributed by atoms with Crippen LogP contribution in [0.2, 0.25) is 0 Å². The lowest BCUT2D eigenvalue weighted by Gasteiger charge is -2.39. The van der Waals surface area contributed by atoms with Gasteiger partial charge in [0, 0.05) is 11.6 Å². The lowest BCUT2D eigenvalue weighted by molar-refractivity contribution is -0.277. The third-order valence-corrected chi connectivity index (χ3v) is 7.53. The van der Waals surface area contributed by atoms with Gasteiger partial charge in [0.05, 0.1) is 20.3 Å². The van der Waals surface area contributed by atoms with E-state index >= 15 is 0 Å². The van der Waals surface area contributed by atoms with Crippen LogP contribution < -0.4 is 19.6 Å². The number of fused-ring (bicyclic) bond motifs is 1. The van der Waals surface area contributed by atoms with Gasteiger partial charge in [0.25, 0.3) is 0 Å². The van der Waals surface area contributed by atoms with Crippen molar-refractivity contribution in [3.63, 3.8) is 0 Å². The van der Waals surface area contributed by atoms with Crippen molar-refractivity contribution in [1.82, 2.24) is 0 Å². The molecule has 246 valence electrons. The van der Waals surface area contributed by atoms with Crippen LogP contribution in [0.5, 0.6) is 28.7 Å². The second-order valence-electron chi connectivity index (χ2n) is 10.4. The minimum atomic E-state index is -1.91. The highest BCUT2D eigenvalue weighted by Gasteiger charge is 2.47. The van der Waals surface area contributed by atoms with E-state index in [-0.39, 0.29) is 28.6 Å². The van der Waals surface area contributed by atoms with E-state index in [0.29, 0.717) is 0 Å². The lowest BCUT2D eigenvalue weighted by atomic mass is 9.99. The zero-order valence-corrected chi connectivity index (χ0v) is 23.4. The number of phenols is 2. The van der Waals surface area contributed by atoms with Gasteiger partial charge < -0.3 is 79.2 Å². The fourth-order valence-electron chi connectivity index (χ4n) is 5.05. The van der Waals surface area contributed by atoms with Crippen molar-refractivity contribution in [2.45, 2.75) is 61.4 Å². The quantitative estimate of drug-likeness (QED) is 0.119. The monoisotopic (exact) mass is 640 g/mol. The molecule has 0 bridgehead atoms. The minimum Gasteiger partial charge on any atom is -0.508 e. The number of phenolic OH excluding ortho intramolecular Hbond substituents is 2. The summed E-state index contributed by atoms with van der Waals surface area (Å²) in [5.74, 6) is -2.62. The molecule has 3 aromatic rings. The number of hydrogen-bond donors (Lipinski definition) is 10. The van der Waals surface area contributed by atoms with E-state index in [9.17, 15) is 55.9 Å². The average molecular weight is 641 g/mol. The predicted molar refractivity (Wildman–Crippen MR) is 147 cm³/mol. The van der Waals surface area contributed by atoms with Gasteiger partial charge in [-0.1, -0.05) is 0 Å². The Kier molecular flexibility index (Phi) is 9.38. The average Bonchev–Trinajstić information content (AvgIpc) is 3.02. The zero-order valence-electron chi connectivity index (χ0n) is 23.4. The van der Waals surface area contributed by atoms with Crippen LogP contribution in [0.25, 0.3) is 22.3 Å². The highest BCUT2D eigenvalue weighted by Crippen LogP contribution is 2.45. The third kappa shape index (κ3) is 5.86. The zero-order chi connectivity index (χ0) is 32.7. The van der Waals surface area contributed by atoms with Gasteiger partial charge in [0.2, 0.25) is 29.5 Å². The summed E-state index contributed by atoms with van der Waals surface area (Å²) < 4.78 is 33.5. The van der Waals surface area contributed by atoms with Gasteiger partial charge in [0.1, 0.15) is 65.7 Å². The Morgan fingerprint density at radius 1 is 0.733 bits per heavy atom. The van der Waals surface area contributed by atoms with Crippen LogP contribution in [0.4, 0.5) is 0 Å². The maximum atomic E-state index is 13.9. The van der Waals surface area contributed by atoms with Gasteiger partial charge >= 0.3 is 0 Å². The van der Waals surface area contributed by atoms with Crippen molar-refractivity contribution in [1.29, 1.82) is 0 Å². The van der Waals surface area contributed by atoms with Gasteiger partial charge in [-0.05, 0) is 24.3 Å². The Morgan fingerprint density at radius 3 is 1.78 bits per heavy atom. The first-order valence-electron chi connectivity index (χ1n) is 13.6. The molecule has 5 rings (SSSR count). The number of aliphatic hydroxyl groups excluding tert-OH is 8. The normalized spacial score (nSPS) is 31.9. The molecule has 17 nitrogen and oxygen atoms in total. The van der Waals surface area contributed by atoms with Crippen molar-refractivity contribution in [2.75, 3.05) is 20.3 Å². The maximum absolute atomic E-state index is 13.9. The summed E-state index contributed by atoms with van der Waals surface area (Å²) in [7, 11) is 1.16. The smallest absolute Gasteiger partial charge is 0.239 e.